The molecule has 2 rings (SSSR count). The lowest BCUT2D eigenvalue weighted by atomic mass is 9.62. The summed E-state index contributed by atoms with van der Waals surface area (Å²) in [6.07, 6.45) is 1.20. The lowest BCUT2D eigenvalue weighted by molar-refractivity contribution is -0.127. The van der Waals surface area contributed by atoms with Crippen LogP contribution in [0.1, 0.15) is 19.8 Å². The molecule has 0 bridgehead atoms. The Hall–Kier alpha value is -1.51. The molecule has 5 N–H and O–H groups in total. The van der Waals surface area contributed by atoms with Crippen LogP contribution in [-0.2, 0) is 14.8 Å². The van der Waals surface area contributed by atoms with Crippen molar-refractivity contribution in [2.24, 2.45) is 22.2 Å². The number of carbonyl (C=O) groups excluding carboxylic acids is 1. The van der Waals surface area contributed by atoms with Crippen molar-refractivity contribution >= 4 is 38.8 Å². The van der Waals surface area contributed by atoms with Crippen LogP contribution >= 0.6 is 12.2 Å². The summed E-state index contributed by atoms with van der Waals surface area (Å²) >= 11 is 5.01. The Bertz CT molecular complexity index is 694. The molecule has 1 aromatic rings. The molecule has 6 nitrogen and oxygen atoms in total. The summed E-state index contributed by atoms with van der Waals surface area (Å²) in [5, 5.41) is 7.74. The van der Waals surface area contributed by atoms with Crippen LogP contribution in [0.4, 0.5) is 5.69 Å². The van der Waals surface area contributed by atoms with Gasteiger partial charge in [-0.2, -0.15) is 0 Å². The molecule has 1 amide bonds. The molecule has 114 valence electrons. The number of rotatable bonds is 4. The third kappa shape index (κ3) is 3.07. The van der Waals surface area contributed by atoms with Gasteiger partial charge in [0, 0.05) is 5.69 Å². The number of benzene rings is 1. The second kappa shape index (κ2) is 5.36. The van der Waals surface area contributed by atoms with E-state index in [1.807, 2.05) is 6.92 Å². The van der Waals surface area contributed by atoms with Gasteiger partial charge >= 0.3 is 0 Å². The molecule has 8 heteroatoms. The van der Waals surface area contributed by atoms with Crippen LogP contribution in [0, 0.1) is 11.3 Å². The van der Waals surface area contributed by atoms with Gasteiger partial charge in [-0.1, -0.05) is 25.2 Å². The van der Waals surface area contributed by atoms with Crippen molar-refractivity contribution in [3.05, 3.63) is 24.3 Å². The molecule has 1 aromatic carbocycles. The number of amides is 1. The minimum Gasteiger partial charge on any atom is -0.392 e. The Morgan fingerprint density at radius 2 is 2.05 bits per heavy atom. The second-order valence-electron chi connectivity index (χ2n) is 5.49. The van der Waals surface area contributed by atoms with Crippen LogP contribution < -0.4 is 16.2 Å². The summed E-state index contributed by atoms with van der Waals surface area (Å²) in [6, 6.07) is 5.76. The maximum Gasteiger partial charge on any atom is 0.238 e. The van der Waals surface area contributed by atoms with Crippen LogP contribution in [0.5, 0.6) is 0 Å². The van der Waals surface area contributed by atoms with Crippen LogP contribution in [0.15, 0.2) is 29.2 Å². The number of hydrogen-bond donors (Lipinski definition) is 3. The largest absolute Gasteiger partial charge is 0.392 e. The van der Waals surface area contributed by atoms with Crippen molar-refractivity contribution in [3.63, 3.8) is 0 Å². The smallest absolute Gasteiger partial charge is 0.238 e. The van der Waals surface area contributed by atoms with E-state index in [9.17, 15) is 13.2 Å². The van der Waals surface area contributed by atoms with Gasteiger partial charge in [-0.25, -0.2) is 13.6 Å². The monoisotopic (exact) mass is 327 g/mol. The predicted molar refractivity (Wildman–Crippen MR) is 84.1 cm³/mol. The highest BCUT2D eigenvalue weighted by Gasteiger charge is 2.50. The van der Waals surface area contributed by atoms with E-state index < -0.39 is 15.4 Å². The van der Waals surface area contributed by atoms with E-state index in [2.05, 4.69) is 5.32 Å². The third-order valence-electron chi connectivity index (χ3n) is 3.72. The van der Waals surface area contributed by atoms with Gasteiger partial charge in [0.1, 0.15) is 0 Å². The first kappa shape index (κ1) is 15.9. The van der Waals surface area contributed by atoms with Crippen molar-refractivity contribution in [1.29, 1.82) is 0 Å². The van der Waals surface area contributed by atoms with Gasteiger partial charge < -0.3 is 11.1 Å². The first-order valence-corrected chi connectivity index (χ1v) is 8.35. The van der Waals surface area contributed by atoms with E-state index in [0.29, 0.717) is 24.4 Å². The number of nitrogens with two attached hydrogens (primary N) is 2. The number of sulfonamides is 1. The quantitative estimate of drug-likeness (QED) is 0.713. The zero-order chi connectivity index (χ0) is 15.8. The van der Waals surface area contributed by atoms with Gasteiger partial charge in [-0.3, -0.25) is 4.79 Å². The number of carbonyl (C=O) groups is 1. The van der Waals surface area contributed by atoms with Crippen LogP contribution in [0.2, 0.25) is 0 Å². The topological polar surface area (TPSA) is 115 Å². The van der Waals surface area contributed by atoms with Crippen molar-refractivity contribution in [1.82, 2.24) is 0 Å². The van der Waals surface area contributed by atoms with Crippen molar-refractivity contribution in [3.8, 4) is 0 Å². The molecule has 0 heterocycles. The molecular weight excluding hydrogens is 310 g/mol. The van der Waals surface area contributed by atoms with E-state index in [-0.39, 0.29) is 15.8 Å². The number of nitrogens with one attached hydrogen (secondary N) is 1. The maximum atomic E-state index is 12.4. The normalized spacial score (nSPS) is 25.0. The Kier molecular flexibility index (Phi) is 4.05. The van der Waals surface area contributed by atoms with E-state index in [1.54, 1.807) is 6.07 Å². The average Bonchev–Trinajstić information content (AvgIpc) is 2.33. The Morgan fingerprint density at radius 3 is 2.52 bits per heavy atom. The fraction of sp³-hybridized carbons (Fsp3) is 0.385. The lowest BCUT2D eigenvalue weighted by Gasteiger charge is -2.44. The molecule has 0 unspecified atom stereocenters. The summed E-state index contributed by atoms with van der Waals surface area (Å²) in [5.41, 5.74) is 5.21. The summed E-state index contributed by atoms with van der Waals surface area (Å²) in [5.74, 6) is 0.0765. The molecule has 1 saturated carbocycles. The fourth-order valence-electron chi connectivity index (χ4n) is 2.63. The standard InChI is InChI=1S/C13H17N3O3S2/c1-8-6-13(7-8,11(14)20)12(17)16-9-3-2-4-10(5-9)21(15,18)19/h2-5,8H,6-7H2,1H3,(H2,14,20)(H,16,17)(H2,15,18,19). The zero-order valence-corrected chi connectivity index (χ0v) is 13.1. The van der Waals surface area contributed by atoms with Gasteiger partial charge in [0.15, 0.2) is 0 Å². The highest BCUT2D eigenvalue weighted by molar-refractivity contribution is 7.89. The van der Waals surface area contributed by atoms with Crippen molar-refractivity contribution in [2.45, 2.75) is 24.7 Å². The van der Waals surface area contributed by atoms with E-state index in [0.717, 1.165) is 0 Å². The van der Waals surface area contributed by atoms with Gasteiger partial charge in [0.25, 0.3) is 0 Å². The minimum absolute atomic E-state index is 0.0633. The van der Waals surface area contributed by atoms with Gasteiger partial charge in [-0.05, 0) is 37.0 Å². The number of primary sulfonamides is 1. The first-order valence-electron chi connectivity index (χ1n) is 6.39. The summed E-state index contributed by atoms with van der Waals surface area (Å²) in [6.45, 7) is 2.02. The molecule has 0 saturated heterocycles. The molecule has 1 aliphatic rings. The van der Waals surface area contributed by atoms with E-state index in [1.165, 1.54) is 18.2 Å². The van der Waals surface area contributed by atoms with Crippen LogP contribution in [-0.4, -0.2) is 19.3 Å². The number of hydrogen-bond acceptors (Lipinski definition) is 4. The Labute approximate surface area is 128 Å². The van der Waals surface area contributed by atoms with Gasteiger partial charge in [-0.15, -0.1) is 0 Å². The molecule has 0 aromatic heterocycles. The molecule has 1 fully saturated rings. The van der Waals surface area contributed by atoms with E-state index >= 15 is 0 Å². The van der Waals surface area contributed by atoms with Crippen molar-refractivity contribution in [2.75, 3.05) is 5.32 Å². The Morgan fingerprint density at radius 1 is 1.43 bits per heavy atom. The predicted octanol–water partition coefficient (Wildman–Crippen LogP) is 0.975. The molecule has 0 atom stereocenters. The third-order valence-corrected chi connectivity index (χ3v) is 5.02. The summed E-state index contributed by atoms with van der Waals surface area (Å²) in [7, 11) is -3.82. The second-order valence-corrected chi connectivity index (χ2v) is 7.49. The lowest BCUT2D eigenvalue weighted by Crippen LogP contribution is -2.53. The highest BCUT2D eigenvalue weighted by atomic mass is 32.2. The van der Waals surface area contributed by atoms with Gasteiger partial charge in [0.05, 0.1) is 15.3 Å². The Balaban J connectivity index is 2.22. The molecule has 0 radical (unpaired) electrons. The van der Waals surface area contributed by atoms with Crippen molar-refractivity contribution < 1.29 is 13.2 Å². The number of anilines is 1. The molecule has 0 spiro atoms. The van der Waals surface area contributed by atoms with Gasteiger partial charge in [0.2, 0.25) is 15.9 Å². The summed E-state index contributed by atoms with van der Waals surface area (Å²) in [4.78, 5) is 12.5. The van der Waals surface area contributed by atoms with Crippen LogP contribution in [0.25, 0.3) is 0 Å². The SMILES string of the molecule is CC1CC(C(=O)Nc2cccc(S(N)(=O)=O)c2)(C(N)=S)C1. The fourth-order valence-corrected chi connectivity index (χ4v) is 3.45. The zero-order valence-electron chi connectivity index (χ0n) is 11.5. The minimum atomic E-state index is -3.82. The summed E-state index contributed by atoms with van der Waals surface area (Å²) < 4.78 is 22.6. The van der Waals surface area contributed by atoms with Crippen LogP contribution in [0.3, 0.4) is 0 Å². The first-order chi connectivity index (χ1) is 9.65. The molecule has 1 aliphatic carbocycles. The molecule has 21 heavy (non-hydrogen) atoms. The average molecular weight is 327 g/mol. The van der Waals surface area contributed by atoms with E-state index in [4.69, 9.17) is 23.1 Å². The molecular formula is C13H17N3O3S2. The highest BCUT2D eigenvalue weighted by Crippen LogP contribution is 2.46. The number of thiocarbonyl (C=S) groups is 1. The molecule has 0 aliphatic heterocycles. The maximum absolute atomic E-state index is 12.4.